The smallest absolute Gasteiger partial charge is 0.229 e. The van der Waals surface area contributed by atoms with Crippen LogP contribution in [0.25, 0.3) is 0 Å². The summed E-state index contributed by atoms with van der Waals surface area (Å²) < 4.78 is 5.47. The Balaban J connectivity index is 1.76. The van der Waals surface area contributed by atoms with E-state index in [1.807, 2.05) is 19.2 Å². The van der Waals surface area contributed by atoms with Crippen molar-refractivity contribution in [2.24, 2.45) is 11.7 Å². The highest BCUT2D eigenvalue weighted by Crippen LogP contribution is 2.32. The lowest BCUT2D eigenvalue weighted by Gasteiger charge is -2.34. The standard InChI is InChI=1S/C14H18N2O2/c1-16(14(17)10-6-11(15)7-10)12-2-3-13-9(8-12)4-5-18-13/h2-3,8,10-11H,4-7,15H2,1H3. The van der Waals surface area contributed by atoms with Crippen molar-refractivity contribution in [1.29, 1.82) is 0 Å². The summed E-state index contributed by atoms with van der Waals surface area (Å²) >= 11 is 0. The van der Waals surface area contributed by atoms with E-state index in [0.29, 0.717) is 0 Å². The molecule has 0 atom stereocenters. The number of ether oxygens (including phenoxy) is 1. The molecule has 1 aliphatic heterocycles. The van der Waals surface area contributed by atoms with Crippen molar-refractivity contribution < 1.29 is 9.53 Å². The van der Waals surface area contributed by atoms with Gasteiger partial charge in [0.05, 0.1) is 6.61 Å². The number of anilines is 1. The molecule has 0 spiro atoms. The number of nitrogens with two attached hydrogens (primary N) is 1. The molecular weight excluding hydrogens is 228 g/mol. The zero-order valence-electron chi connectivity index (χ0n) is 10.6. The Labute approximate surface area is 107 Å². The van der Waals surface area contributed by atoms with Crippen molar-refractivity contribution >= 4 is 11.6 Å². The molecule has 1 heterocycles. The van der Waals surface area contributed by atoms with E-state index in [1.54, 1.807) is 4.90 Å². The topological polar surface area (TPSA) is 55.6 Å². The Morgan fingerprint density at radius 1 is 1.44 bits per heavy atom. The molecule has 1 aromatic carbocycles. The van der Waals surface area contributed by atoms with Crippen molar-refractivity contribution in [1.82, 2.24) is 0 Å². The molecule has 2 aliphatic rings. The van der Waals surface area contributed by atoms with Crippen molar-refractivity contribution in [3.05, 3.63) is 23.8 Å². The molecule has 0 aromatic heterocycles. The molecule has 18 heavy (non-hydrogen) atoms. The number of amides is 1. The Morgan fingerprint density at radius 2 is 2.22 bits per heavy atom. The van der Waals surface area contributed by atoms with Crippen molar-refractivity contribution in [3.63, 3.8) is 0 Å². The lowest BCUT2D eigenvalue weighted by atomic mass is 9.80. The maximum Gasteiger partial charge on any atom is 0.229 e. The molecule has 3 rings (SSSR count). The highest BCUT2D eigenvalue weighted by atomic mass is 16.5. The first-order valence-electron chi connectivity index (χ1n) is 6.44. The van der Waals surface area contributed by atoms with Crippen LogP contribution in [0.3, 0.4) is 0 Å². The number of hydrogen-bond acceptors (Lipinski definition) is 3. The van der Waals surface area contributed by atoms with E-state index >= 15 is 0 Å². The SMILES string of the molecule is CN(C(=O)C1CC(N)C1)c1ccc2c(c1)CCO2. The molecule has 1 amide bonds. The van der Waals surface area contributed by atoms with Crippen LogP contribution >= 0.6 is 0 Å². The molecule has 4 heteroatoms. The molecule has 0 bridgehead atoms. The molecule has 1 saturated carbocycles. The Morgan fingerprint density at radius 3 is 2.94 bits per heavy atom. The van der Waals surface area contributed by atoms with Crippen LogP contribution in [0.5, 0.6) is 5.75 Å². The first-order valence-corrected chi connectivity index (χ1v) is 6.44. The maximum absolute atomic E-state index is 12.2. The highest BCUT2D eigenvalue weighted by Gasteiger charge is 2.34. The van der Waals surface area contributed by atoms with Crippen LogP contribution in [0.15, 0.2) is 18.2 Å². The van der Waals surface area contributed by atoms with Gasteiger partial charge in [-0.3, -0.25) is 4.79 Å². The molecular formula is C14H18N2O2. The third-order valence-electron chi connectivity index (χ3n) is 3.91. The van der Waals surface area contributed by atoms with Crippen LogP contribution in [-0.2, 0) is 11.2 Å². The second-order valence-corrected chi connectivity index (χ2v) is 5.22. The number of nitrogens with zero attached hydrogens (tertiary/aromatic N) is 1. The van der Waals surface area contributed by atoms with Crippen molar-refractivity contribution in [2.45, 2.75) is 25.3 Å². The minimum atomic E-state index is 0.106. The van der Waals surface area contributed by atoms with Gasteiger partial charge in [-0.1, -0.05) is 0 Å². The minimum absolute atomic E-state index is 0.106. The van der Waals surface area contributed by atoms with Gasteiger partial charge in [-0.25, -0.2) is 0 Å². The quantitative estimate of drug-likeness (QED) is 0.856. The van der Waals surface area contributed by atoms with Gasteiger partial charge in [0.2, 0.25) is 5.91 Å². The first kappa shape index (κ1) is 11.5. The van der Waals surface area contributed by atoms with Gasteiger partial charge < -0.3 is 15.4 Å². The molecule has 96 valence electrons. The molecule has 2 N–H and O–H groups in total. The van der Waals surface area contributed by atoms with E-state index in [1.165, 1.54) is 5.56 Å². The Bertz CT molecular complexity index is 481. The number of rotatable bonds is 2. The number of fused-ring (bicyclic) bond motifs is 1. The second-order valence-electron chi connectivity index (χ2n) is 5.22. The largest absolute Gasteiger partial charge is 0.493 e. The number of carbonyl (C=O) groups excluding carboxylic acids is 1. The average Bonchev–Trinajstić information content (AvgIpc) is 2.80. The Kier molecular flexibility index (Phi) is 2.74. The summed E-state index contributed by atoms with van der Waals surface area (Å²) in [4.78, 5) is 14.0. The lowest BCUT2D eigenvalue weighted by molar-refractivity contribution is -0.124. The van der Waals surface area contributed by atoms with Crippen LogP contribution in [-0.4, -0.2) is 25.6 Å². The van der Waals surface area contributed by atoms with E-state index in [9.17, 15) is 4.79 Å². The molecule has 1 aliphatic carbocycles. The van der Waals surface area contributed by atoms with Crippen LogP contribution < -0.4 is 15.4 Å². The first-order chi connectivity index (χ1) is 8.65. The summed E-state index contributed by atoms with van der Waals surface area (Å²) in [7, 11) is 1.84. The highest BCUT2D eigenvalue weighted by molar-refractivity contribution is 5.95. The van der Waals surface area contributed by atoms with Gasteiger partial charge in [0.25, 0.3) is 0 Å². The minimum Gasteiger partial charge on any atom is -0.493 e. The number of benzene rings is 1. The van der Waals surface area contributed by atoms with Gasteiger partial charge >= 0.3 is 0 Å². The summed E-state index contributed by atoms with van der Waals surface area (Å²) in [6.07, 6.45) is 2.56. The average molecular weight is 246 g/mol. The zero-order valence-corrected chi connectivity index (χ0v) is 10.6. The molecule has 0 radical (unpaired) electrons. The van der Waals surface area contributed by atoms with Gasteiger partial charge in [-0.2, -0.15) is 0 Å². The van der Waals surface area contributed by atoms with E-state index < -0.39 is 0 Å². The summed E-state index contributed by atoms with van der Waals surface area (Å²) in [5.41, 5.74) is 7.87. The number of hydrogen-bond donors (Lipinski definition) is 1. The second kappa shape index (κ2) is 4.28. The normalized spacial score (nSPS) is 25.0. The monoisotopic (exact) mass is 246 g/mol. The summed E-state index contributed by atoms with van der Waals surface area (Å²) in [6, 6.07) is 6.16. The summed E-state index contributed by atoms with van der Waals surface area (Å²) in [6.45, 7) is 0.744. The fourth-order valence-corrected chi connectivity index (χ4v) is 2.65. The van der Waals surface area contributed by atoms with Gasteiger partial charge in [0.15, 0.2) is 0 Å². The fourth-order valence-electron chi connectivity index (χ4n) is 2.65. The summed E-state index contributed by atoms with van der Waals surface area (Å²) in [5.74, 6) is 1.23. The van der Waals surface area contributed by atoms with Crippen LogP contribution in [0.1, 0.15) is 18.4 Å². The Hall–Kier alpha value is -1.55. The predicted octanol–water partition coefficient (Wildman–Crippen LogP) is 1.32. The molecule has 1 fully saturated rings. The number of carbonyl (C=O) groups is 1. The van der Waals surface area contributed by atoms with Crippen LogP contribution in [0.4, 0.5) is 5.69 Å². The third kappa shape index (κ3) is 1.86. The molecule has 0 unspecified atom stereocenters. The third-order valence-corrected chi connectivity index (χ3v) is 3.91. The van der Waals surface area contributed by atoms with Gasteiger partial charge in [0.1, 0.15) is 5.75 Å². The van der Waals surface area contributed by atoms with E-state index in [2.05, 4.69) is 6.07 Å². The fraction of sp³-hybridized carbons (Fsp3) is 0.500. The lowest BCUT2D eigenvalue weighted by Crippen LogP contribution is -2.45. The van der Waals surface area contributed by atoms with Gasteiger partial charge in [-0.15, -0.1) is 0 Å². The van der Waals surface area contributed by atoms with E-state index in [4.69, 9.17) is 10.5 Å². The van der Waals surface area contributed by atoms with Gasteiger partial charge in [-0.05, 0) is 36.6 Å². The van der Waals surface area contributed by atoms with E-state index in [-0.39, 0.29) is 17.9 Å². The maximum atomic E-state index is 12.2. The molecule has 4 nitrogen and oxygen atoms in total. The zero-order chi connectivity index (χ0) is 12.7. The van der Waals surface area contributed by atoms with E-state index in [0.717, 1.165) is 37.3 Å². The van der Waals surface area contributed by atoms with Crippen LogP contribution in [0, 0.1) is 5.92 Å². The molecule has 1 aromatic rings. The molecule has 0 saturated heterocycles. The summed E-state index contributed by atoms with van der Waals surface area (Å²) in [5, 5.41) is 0. The van der Waals surface area contributed by atoms with Crippen molar-refractivity contribution in [3.8, 4) is 5.75 Å². The van der Waals surface area contributed by atoms with Crippen molar-refractivity contribution in [2.75, 3.05) is 18.6 Å². The van der Waals surface area contributed by atoms with Crippen LogP contribution in [0.2, 0.25) is 0 Å². The predicted molar refractivity (Wildman–Crippen MR) is 69.8 cm³/mol. The van der Waals surface area contributed by atoms with Gasteiger partial charge in [0, 0.05) is 31.1 Å².